The Morgan fingerprint density at radius 3 is 2.52 bits per heavy atom. The molecule has 0 spiro atoms. The molecule has 0 bridgehead atoms. The maximum atomic E-state index is 12.5. The number of rotatable bonds is 7. The molecule has 1 N–H and O–H groups in total. The van der Waals surface area contributed by atoms with Gasteiger partial charge < -0.3 is 10.1 Å². The molecule has 156 valence electrons. The second-order valence-electron chi connectivity index (χ2n) is 6.88. The predicted molar refractivity (Wildman–Crippen MR) is 127 cm³/mol. The van der Waals surface area contributed by atoms with Gasteiger partial charge in [0.15, 0.2) is 0 Å². The molecule has 0 unspecified atom stereocenters. The Hall–Kier alpha value is -3.07. The van der Waals surface area contributed by atoms with Gasteiger partial charge >= 0.3 is 0 Å². The molecule has 0 aromatic heterocycles. The van der Waals surface area contributed by atoms with Crippen molar-refractivity contribution in [2.24, 2.45) is 0 Å². The van der Waals surface area contributed by atoms with Crippen molar-refractivity contribution < 1.29 is 9.53 Å². The van der Waals surface area contributed by atoms with Crippen LogP contribution in [0.15, 0.2) is 82.8 Å². The van der Waals surface area contributed by atoms with Crippen LogP contribution in [-0.4, -0.2) is 5.91 Å². The number of nitrogens with one attached hydrogen (secondary N) is 1. The van der Waals surface area contributed by atoms with Gasteiger partial charge in [-0.1, -0.05) is 60.1 Å². The lowest BCUT2D eigenvalue weighted by Crippen LogP contribution is -2.27. The van der Waals surface area contributed by atoms with Gasteiger partial charge in [-0.05, 0) is 69.9 Å². The first-order valence-corrected chi connectivity index (χ1v) is 10.8. The molecule has 31 heavy (non-hydrogen) atoms. The lowest BCUT2D eigenvalue weighted by Gasteiger charge is -2.14. The molecule has 0 radical (unpaired) electrons. The van der Waals surface area contributed by atoms with Gasteiger partial charge in [-0.3, -0.25) is 4.79 Å². The van der Waals surface area contributed by atoms with Crippen LogP contribution >= 0.6 is 27.5 Å². The third-order valence-corrected chi connectivity index (χ3v) is 5.46. The second-order valence-corrected chi connectivity index (χ2v) is 8.17. The van der Waals surface area contributed by atoms with Crippen LogP contribution in [0.25, 0.3) is 6.08 Å². The first kappa shape index (κ1) is 22.6. The fraction of sp³-hybridized carbons (Fsp3) is 0.120. The van der Waals surface area contributed by atoms with E-state index in [1.165, 1.54) is 0 Å². The lowest BCUT2D eigenvalue weighted by atomic mass is 10.1. The first-order chi connectivity index (χ1) is 15.0. The van der Waals surface area contributed by atoms with E-state index in [9.17, 15) is 10.1 Å². The van der Waals surface area contributed by atoms with Crippen LogP contribution < -0.4 is 10.1 Å². The largest absolute Gasteiger partial charge is 0.488 e. The summed E-state index contributed by atoms with van der Waals surface area (Å²) in [6, 6.07) is 24.2. The summed E-state index contributed by atoms with van der Waals surface area (Å²) in [7, 11) is 0. The van der Waals surface area contributed by atoms with E-state index in [1.807, 2.05) is 73.7 Å². The monoisotopic (exact) mass is 494 g/mol. The zero-order valence-electron chi connectivity index (χ0n) is 16.8. The molecular formula is C25H20BrClN2O2. The molecule has 6 heteroatoms. The summed E-state index contributed by atoms with van der Waals surface area (Å²) < 4.78 is 6.57. The summed E-state index contributed by atoms with van der Waals surface area (Å²) in [5.74, 6) is 0.241. The minimum atomic E-state index is -0.418. The van der Waals surface area contributed by atoms with E-state index in [1.54, 1.807) is 18.2 Å². The molecule has 0 aliphatic heterocycles. The summed E-state index contributed by atoms with van der Waals surface area (Å²) >= 11 is 9.39. The van der Waals surface area contributed by atoms with E-state index in [0.29, 0.717) is 22.9 Å². The van der Waals surface area contributed by atoms with Gasteiger partial charge in [0.05, 0.1) is 10.5 Å². The average molecular weight is 496 g/mol. The first-order valence-electron chi connectivity index (χ1n) is 9.60. The zero-order valence-corrected chi connectivity index (χ0v) is 19.2. The summed E-state index contributed by atoms with van der Waals surface area (Å²) in [6.45, 7) is 2.28. The fourth-order valence-electron chi connectivity index (χ4n) is 2.88. The molecule has 4 nitrogen and oxygen atoms in total. The van der Waals surface area contributed by atoms with Crippen molar-refractivity contribution in [1.29, 1.82) is 5.26 Å². The van der Waals surface area contributed by atoms with Crippen LogP contribution in [0.3, 0.4) is 0 Å². The average Bonchev–Trinajstić information content (AvgIpc) is 2.78. The van der Waals surface area contributed by atoms with Crippen LogP contribution in [0.4, 0.5) is 0 Å². The second kappa shape index (κ2) is 10.8. The fourth-order valence-corrected chi connectivity index (χ4v) is 3.52. The molecule has 3 aromatic carbocycles. The third-order valence-electron chi connectivity index (χ3n) is 4.59. The molecule has 0 saturated carbocycles. The molecule has 0 heterocycles. The highest BCUT2D eigenvalue weighted by atomic mass is 79.9. The number of benzene rings is 3. The third kappa shape index (κ3) is 6.45. The Morgan fingerprint density at radius 2 is 1.87 bits per heavy atom. The van der Waals surface area contributed by atoms with Gasteiger partial charge in [-0.25, -0.2) is 0 Å². The normalized spacial score (nSPS) is 12.0. The highest BCUT2D eigenvalue weighted by Crippen LogP contribution is 2.28. The highest BCUT2D eigenvalue weighted by Gasteiger charge is 2.14. The number of hydrogen-bond acceptors (Lipinski definition) is 3. The lowest BCUT2D eigenvalue weighted by molar-refractivity contribution is -0.117. The summed E-state index contributed by atoms with van der Waals surface area (Å²) in [6.07, 6.45) is 1.56. The maximum absolute atomic E-state index is 12.5. The number of nitriles is 1. The van der Waals surface area contributed by atoms with E-state index >= 15 is 0 Å². The summed E-state index contributed by atoms with van der Waals surface area (Å²) in [5.41, 5.74) is 2.71. The van der Waals surface area contributed by atoms with Crippen LogP contribution in [0.5, 0.6) is 5.75 Å². The Kier molecular flexibility index (Phi) is 7.88. The van der Waals surface area contributed by atoms with Crippen LogP contribution in [-0.2, 0) is 11.4 Å². The topological polar surface area (TPSA) is 62.1 Å². The molecule has 3 rings (SSSR count). The zero-order chi connectivity index (χ0) is 22.2. The Bertz CT molecular complexity index is 1120. The highest BCUT2D eigenvalue weighted by molar-refractivity contribution is 9.10. The van der Waals surface area contributed by atoms with Crippen molar-refractivity contribution in [3.8, 4) is 11.8 Å². The van der Waals surface area contributed by atoms with Gasteiger partial charge in [0, 0.05) is 5.02 Å². The van der Waals surface area contributed by atoms with Crippen LogP contribution in [0.2, 0.25) is 5.02 Å². The molecule has 1 atom stereocenters. The number of carbonyl (C=O) groups excluding carboxylic acids is 1. The molecule has 0 aliphatic carbocycles. The van der Waals surface area contributed by atoms with Gasteiger partial charge in [-0.2, -0.15) is 5.26 Å². The minimum absolute atomic E-state index is 0.0320. The standard InChI is InChI=1S/C25H20BrClN2O2/c1-17(20-5-3-2-4-6-20)29-25(30)21(15-28)13-19-9-12-24(23(26)14-19)31-16-18-7-10-22(27)11-8-18/h2-14,17H,16H2,1H3,(H,29,30)/b21-13-/t17-/m0/s1. The van der Waals surface area contributed by atoms with Crippen molar-refractivity contribution >= 4 is 39.5 Å². The quantitative estimate of drug-likeness (QED) is 0.302. The van der Waals surface area contributed by atoms with Crippen LogP contribution in [0.1, 0.15) is 29.7 Å². The van der Waals surface area contributed by atoms with Crippen molar-refractivity contribution in [3.63, 3.8) is 0 Å². The summed E-state index contributed by atoms with van der Waals surface area (Å²) in [4.78, 5) is 12.5. The SMILES string of the molecule is C[C@H](NC(=O)/C(C#N)=C\c1ccc(OCc2ccc(Cl)cc2)c(Br)c1)c1ccccc1. The van der Waals surface area contributed by atoms with Crippen LogP contribution in [0, 0.1) is 11.3 Å². The number of hydrogen-bond donors (Lipinski definition) is 1. The Labute approximate surface area is 195 Å². The van der Waals surface area contributed by atoms with Crippen molar-refractivity contribution in [3.05, 3.63) is 105 Å². The van der Waals surface area contributed by atoms with E-state index in [4.69, 9.17) is 16.3 Å². The molecule has 1 amide bonds. The molecular weight excluding hydrogens is 476 g/mol. The summed E-state index contributed by atoms with van der Waals surface area (Å²) in [5, 5.41) is 13.0. The maximum Gasteiger partial charge on any atom is 0.262 e. The molecule has 0 aliphatic rings. The smallest absolute Gasteiger partial charge is 0.262 e. The van der Waals surface area contributed by atoms with E-state index in [0.717, 1.165) is 15.6 Å². The van der Waals surface area contributed by atoms with E-state index in [-0.39, 0.29) is 11.6 Å². The van der Waals surface area contributed by atoms with E-state index in [2.05, 4.69) is 21.2 Å². The Morgan fingerprint density at radius 1 is 1.16 bits per heavy atom. The molecule has 0 fully saturated rings. The van der Waals surface area contributed by atoms with Crippen molar-refractivity contribution in [2.75, 3.05) is 0 Å². The van der Waals surface area contributed by atoms with E-state index < -0.39 is 5.91 Å². The van der Waals surface area contributed by atoms with Gasteiger partial charge in [0.2, 0.25) is 0 Å². The number of carbonyl (C=O) groups is 1. The van der Waals surface area contributed by atoms with Crippen molar-refractivity contribution in [1.82, 2.24) is 5.32 Å². The Balaban J connectivity index is 1.67. The van der Waals surface area contributed by atoms with Gasteiger partial charge in [-0.15, -0.1) is 0 Å². The molecule has 3 aromatic rings. The van der Waals surface area contributed by atoms with Gasteiger partial charge in [0.25, 0.3) is 5.91 Å². The number of halogens is 2. The number of nitrogens with zero attached hydrogens (tertiary/aromatic N) is 1. The number of ether oxygens (including phenoxy) is 1. The number of amides is 1. The van der Waals surface area contributed by atoms with Gasteiger partial charge in [0.1, 0.15) is 24.0 Å². The molecule has 0 saturated heterocycles. The minimum Gasteiger partial charge on any atom is -0.488 e. The predicted octanol–water partition coefficient (Wildman–Crippen LogP) is 6.47. The van der Waals surface area contributed by atoms with Crippen molar-refractivity contribution in [2.45, 2.75) is 19.6 Å².